The van der Waals surface area contributed by atoms with Crippen LogP contribution in [0.1, 0.15) is 21.7 Å². The van der Waals surface area contributed by atoms with Gasteiger partial charge < -0.3 is 5.11 Å². The zero-order valence-electron chi connectivity index (χ0n) is 10.7. The Hall–Kier alpha value is -2.39. The second kappa shape index (κ2) is 4.82. The van der Waals surface area contributed by atoms with E-state index < -0.39 is 40.8 Å². The molecule has 0 spiro atoms. The molecule has 0 aliphatic heterocycles. The highest BCUT2D eigenvalue weighted by molar-refractivity contribution is 5.93. The number of carboxylic acids is 1. The molecule has 0 atom stereocenters. The number of nitrogens with zero attached hydrogens (tertiary/aromatic N) is 2. The molecule has 0 fully saturated rings. The summed E-state index contributed by atoms with van der Waals surface area (Å²) in [6.45, 7) is 1.16. The molecular formula is C12H6F6N2O2. The number of rotatable bonds is 2. The van der Waals surface area contributed by atoms with Crippen LogP contribution in [0.3, 0.4) is 0 Å². The van der Waals surface area contributed by atoms with Gasteiger partial charge in [-0.05, 0) is 19.1 Å². The van der Waals surface area contributed by atoms with Crippen molar-refractivity contribution in [2.45, 2.75) is 19.0 Å². The predicted octanol–water partition coefficient (Wildman–Crippen LogP) is 3.43. The monoisotopic (exact) mass is 324 g/mol. The van der Waals surface area contributed by atoms with Gasteiger partial charge in [0, 0.05) is 5.39 Å². The summed E-state index contributed by atoms with van der Waals surface area (Å²) in [7, 11) is 0. The first-order chi connectivity index (χ1) is 9.95. The number of aryl methyl sites for hydroxylation is 1. The van der Waals surface area contributed by atoms with Crippen LogP contribution in [0, 0.1) is 12.7 Å². The van der Waals surface area contributed by atoms with E-state index >= 15 is 0 Å². The molecule has 4 nitrogen and oxygen atoms in total. The maximum absolute atomic E-state index is 13.4. The first-order valence-corrected chi connectivity index (χ1v) is 5.61. The van der Waals surface area contributed by atoms with Gasteiger partial charge >= 0.3 is 18.1 Å². The molecule has 0 saturated heterocycles. The highest BCUT2D eigenvalue weighted by atomic mass is 19.4. The lowest BCUT2D eigenvalue weighted by Crippen LogP contribution is -2.36. The third-order valence-electron chi connectivity index (χ3n) is 2.82. The van der Waals surface area contributed by atoms with Crippen molar-refractivity contribution in [1.29, 1.82) is 0 Å². The molecule has 118 valence electrons. The van der Waals surface area contributed by atoms with E-state index in [1.54, 1.807) is 0 Å². The number of halogens is 6. The summed E-state index contributed by atoms with van der Waals surface area (Å²) in [4.78, 5) is 17.4. The maximum atomic E-state index is 13.4. The van der Waals surface area contributed by atoms with E-state index in [1.165, 1.54) is 0 Å². The van der Waals surface area contributed by atoms with Gasteiger partial charge in [-0.3, -0.25) is 0 Å². The van der Waals surface area contributed by atoms with E-state index in [2.05, 4.69) is 9.97 Å². The second-order valence-corrected chi connectivity index (χ2v) is 4.36. The van der Waals surface area contributed by atoms with Crippen LogP contribution >= 0.6 is 0 Å². The number of carboxylic acid groups (broad SMARTS) is 1. The minimum atomic E-state index is -6.03. The summed E-state index contributed by atoms with van der Waals surface area (Å²) in [5.74, 6) is -8.41. The number of hydrogen-bond acceptors (Lipinski definition) is 3. The van der Waals surface area contributed by atoms with Gasteiger partial charge in [-0.2, -0.15) is 22.0 Å². The van der Waals surface area contributed by atoms with Gasteiger partial charge in [0.05, 0.1) is 11.3 Å². The summed E-state index contributed by atoms with van der Waals surface area (Å²) < 4.78 is 77.5. The molecule has 1 N–H and O–H groups in total. The molecule has 2 heterocycles. The van der Waals surface area contributed by atoms with Crippen LogP contribution in [-0.2, 0) is 5.92 Å². The van der Waals surface area contributed by atoms with Gasteiger partial charge in [0.1, 0.15) is 11.5 Å². The molecule has 2 rings (SSSR count). The van der Waals surface area contributed by atoms with Crippen LogP contribution in [0.15, 0.2) is 12.1 Å². The molecular weight excluding hydrogens is 318 g/mol. The SMILES string of the molecule is Cc1nc2nc(C(F)(F)C(F)(F)F)c(C(=O)O)cc2cc1F. The average molecular weight is 324 g/mol. The van der Waals surface area contributed by atoms with Gasteiger partial charge in [0.25, 0.3) is 0 Å². The highest BCUT2D eigenvalue weighted by Crippen LogP contribution is 2.44. The highest BCUT2D eigenvalue weighted by Gasteiger charge is 2.61. The Balaban J connectivity index is 2.85. The summed E-state index contributed by atoms with van der Waals surface area (Å²) in [6.07, 6.45) is -6.03. The van der Waals surface area contributed by atoms with Crippen molar-refractivity contribution in [2.24, 2.45) is 0 Å². The molecule has 10 heteroatoms. The Morgan fingerprint density at radius 3 is 2.23 bits per heavy atom. The van der Waals surface area contributed by atoms with E-state index in [1.807, 2.05) is 0 Å². The number of aromatic nitrogens is 2. The second-order valence-electron chi connectivity index (χ2n) is 4.36. The fourth-order valence-electron chi connectivity index (χ4n) is 1.70. The van der Waals surface area contributed by atoms with Crippen LogP contribution in [0.25, 0.3) is 11.0 Å². The molecule has 2 aromatic rings. The topological polar surface area (TPSA) is 63.1 Å². The lowest BCUT2D eigenvalue weighted by Gasteiger charge is -2.20. The Bertz CT molecular complexity index is 772. The molecule has 0 aliphatic carbocycles. The Labute approximate surface area is 118 Å². The molecule has 2 aromatic heterocycles. The zero-order valence-corrected chi connectivity index (χ0v) is 10.7. The summed E-state index contributed by atoms with van der Waals surface area (Å²) in [6, 6.07) is 1.24. The number of pyridine rings is 2. The van der Waals surface area contributed by atoms with Crippen molar-refractivity contribution < 1.29 is 36.2 Å². The largest absolute Gasteiger partial charge is 0.478 e. The van der Waals surface area contributed by atoms with Gasteiger partial charge in [-0.15, -0.1) is 0 Å². The van der Waals surface area contributed by atoms with Crippen LogP contribution in [0.2, 0.25) is 0 Å². The number of fused-ring (bicyclic) bond motifs is 1. The molecule has 22 heavy (non-hydrogen) atoms. The fraction of sp³-hybridized carbons (Fsp3) is 0.250. The van der Waals surface area contributed by atoms with Crippen LogP contribution < -0.4 is 0 Å². The minimum absolute atomic E-state index is 0.274. The van der Waals surface area contributed by atoms with Crippen molar-refractivity contribution >= 4 is 17.0 Å². The van der Waals surface area contributed by atoms with Gasteiger partial charge in [-0.25, -0.2) is 19.2 Å². The molecule has 0 aromatic carbocycles. The Morgan fingerprint density at radius 2 is 1.73 bits per heavy atom. The lowest BCUT2D eigenvalue weighted by atomic mass is 10.1. The summed E-state index contributed by atoms with van der Waals surface area (Å²) in [5, 5.41) is 8.52. The maximum Gasteiger partial charge on any atom is 0.459 e. The van der Waals surface area contributed by atoms with E-state index in [9.17, 15) is 31.1 Å². The van der Waals surface area contributed by atoms with Crippen molar-refractivity contribution in [3.63, 3.8) is 0 Å². The predicted molar refractivity (Wildman–Crippen MR) is 61.1 cm³/mol. The fourth-order valence-corrected chi connectivity index (χ4v) is 1.70. The van der Waals surface area contributed by atoms with Gasteiger partial charge in [-0.1, -0.05) is 0 Å². The molecule has 0 aliphatic rings. The molecule has 0 saturated carbocycles. The average Bonchev–Trinajstić information content (AvgIpc) is 2.37. The number of carbonyl (C=O) groups is 1. The van der Waals surface area contributed by atoms with Crippen molar-refractivity contribution in [3.05, 3.63) is 34.9 Å². The van der Waals surface area contributed by atoms with E-state index in [0.29, 0.717) is 6.07 Å². The van der Waals surface area contributed by atoms with Gasteiger partial charge in [0.2, 0.25) is 0 Å². The third kappa shape index (κ3) is 2.44. The van der Waals surface area contributed by atoms with Crippen LogP contribution in [-0.4, -0.2) is 27.2 Å². The van der Waals surface area contributed by atoms with Gasteiger partial charge in [0.15, 0.2) is 5.65 Å². The molecule has 0 bridgehead atoms. The molecule has 0 unspecified atom stereocenters. The van der Waals surface area contributed by atoms with E-state index in [0.717, 1.165) is 13.0 Å². The van der Waals surface area contributed by atoms with Crippen molar-refractivity contribution in [3.8, 4) is 0 Å². The lowest BCUT2D eigenvalue weighted by molar-refractivity contribution is -0.291. The first-order valence-electron chi connectivity index (χ1n) is 5.61. The van der Waals surface area contributed by atoms with E-state index in [-0.39, 0.29) is 11.1 Å². The summed E-state index contributed by atoms with van der Waals surface area (Å²) in [5.41, 5.74) is -4.24. The number of alkyl halides is 5. The standard InChI is InChI=1S/C12H6F6N2O2/c1-4-7(13)3-5-2-6(10(21)22)8(20-9(5)19-4)11(14,15)12(16,17)18/h2-3H,1H3,(H,21,22). The summed E-state index contributed by atoms with van der Waals surface area (Å²) >= 11 is 0. The van der Waals surface area contributed by atoms with Crippen molar-refractivity contribution in [1.82, 2.24) is 9.97 Å². The normalized spacial score (nSPS) is 12.7. The Kier molecular flexibility index (Phi) is 3.50. The molecule has 0 amide bonds. The zero-order chi connectivity index (χ0) is 16.9. The van der Waals surface area contributed by atoms with Crippen LogP contribution in [0.5, 0.6) is 0 Å². The molecule has 0 radical (unpaired) electrons. The smallest absolute Gasteiger partial charge is 0.459 e. The van der Waals surface area contributed by atoms with Crippen LogP contribution in [0.4, 0.5) is 26.3 Å². The first kappa shape index (κ1) is 16.0. The quantitative estimate of drug-likeness (QED) is 0.860. The Morgan fingerprint density at radius 1 is 1.14 bits per heavy atom. The number of aromatic carboxylic acids is 1. The minimum Gasteiger partial charge on any atom is -0.478 e. The van der Waals surface area contributed by atoms with E-state index in [4.69, 9.17) is 5.11 Å². The number of hydrogen-bond donors (Lipinski definition) is 1. The van der Waals surface area contributed by atoms with Crippen molar-refractivity contribution in [2.75, 3.05) is 0 Å². The third-order valence-corrected chi connectivity index (χ3v) is 2.82.